The smallest absolute Gasteiger partial charge is 0.164 e. The molecule has 0 atom stereocenters. The Kier molecular flexibility index (Phi) is 2.37. The molecule has 0 amide bonds. The molecule has 2 aromatic rings. The highest BCUT2D eigenvalue weighted by Crippen LogP contribution is 2.15. The minimum absolute atomic E-state index is 0.362. The van der Waals surface area contributed by atoms with Crippen molar-refractivity contribution in [2.75, 3.05) is 5.73 Å². The van der Waals surface area contributed by atoms with Gasteiger partial charge in [0.1, 0.15) is 5.02 Å². The zero-order valence-electron chi connectivity index (χ0n) is 7.39. The van der Waals surface area contributed by atoms with Crippen LogP contribution in [0.2, 0.25) is 5.02 Å². The quantitative estimate of drug-likeness (QED) is 0.815. The van der Waals surface area contributed by atoms with Crippen molar-refractivity contribution in [1.29, 1.82) is 0 Å². The number of nitrogen functional groups attached to an aromatic ring is 1. The molecule has 0 aliphatic heterocycles. The molecular weight excluding hydrogens is 200 g/mol. The molecule has 0 saturated heterocycles. The summed E-state index contributed by atoms with van der Waals surface area (Å²) in [6.07, 6.45) is 5.19. The van der Waals surface area contributed by atoms with E-state index in [1.165, 1.54) is 0 Å². The third-order valence-electron chi connectivity index (χ3n) is 1.84. The lowest BCUT2D eigenvalue weighted by molar-refractivity contribution is 0.689. The second-order valence-electron chi connectivity index (χ2n) is 2.92. The Bertz CT molecular complexity index is 404. The summed E-state index contributed by atoms with van der Waals surface area (Å²) in [6.45, 7) is 0.652. The first-order valence-corrected chi connectivity index (χ1v) is 4.51. The van der Waals surface area contributed by atoms with E-state index in [-0.39, 0.29) is 0 Å². The average Bonchev–Trinajstić information content (AvgIpc) is 2.47. The molecule has 0 spiro atoms. The van der Waals surface area contributed by atoms with Crippen LogP contribution >= 0.6 is 11.6 Å². The first-order valence-electron chi connectivity index (χ1n) is 4.13. The van der Waals surface area contributed by atoms with Gasteiger partial charge in [0.15, 0.2) is 5.82 Å². The maximum atomic E-state index is 5.77. The third-order valence-corrected chi connectivity index (χ3v) is 2.13. The molecule has 5 heteroatoms. The Balaban J connectivity index is 2.19. The van der Waals surface area contributed by atoms with Crippen LogP contribution in [-0.2, 0) is 6.54 Å². The molecule has 2 rings (SSSR count). The fourth-order valence-corrected chi connectivity index (χ4v) is 1.32. The maximum Gasteiger partial charge on any atom is 0.164 e. The number of halogens is 1. The van der Waals surface area contributed by atoms with E-state index in [4.69, 9.17) is 17.3 Å². The summed E-state index contributed by atoms with van der Waals surface area (Å²) in [6, 6.07) is 3.84. The lowest BCUT2D eigenvalue weighted by Gasteiger charge is -1.99. The average molecular weight is 209 g/mol. The molecule has 0 bridgehead atoms. The number of aromatic nitrogens is 3. The SMILES string of the molecule is Nc1nn(Cc2ccncc2)cc1Cl. The highest BCUT2D eigenvalue weighted by molar-refractivity contribution is 6.32. The highest BCUT2D eigenvalue weighted by atomic mass is 35.5. The lowest BCUT2D eigenvalue weighted by Crippen LogP contribution is -2.00. The molecule has 2 N–H and O–H groups in total. The topological polar surface area (TPSA) is 56.7 Å². The molecule has 0 fully saturated rings. The standard InChI is InChI=1S/C9H9ClN4/c10-8-6-14(13-9(8)11)5-7-1-3-12-4-2-7/h1-4,6H,5H2,(H2,11,13). The van der Waals surface area contributed by atoms with E-state index in [1.54, 1.807) is 23.3 Å². The van der Waals surface area contributed by atoms with E-state index < -0.39 is 0 Å². The van der Waals surface area contributed by atoms with Gasteiger partial charge in [-0.15, -0.1) is 0 Å². The number of pyridine rings is 1. The third kappa shape index (κ3) is 1.85. The molecule has 14 heavy (non-hydrogen) atoms. The summed E-state index contributed by atoms with van der Waals surface area (Å²) in [5, 5.41) is 4.53. The maximum absolute atomic E-state index is 5.77. The lowest BCUT2D eigenvalue weighted by atomic mass is 10.3. The van der Waals surface area contributed by atoms with Gasteiger partial charge < -0.3 is 5.73 Å². The van der Waals surface area contributed by atoms with Crippen molar-refractivity contribution < 1.29 is 0 Å². The van der Waals surface area contributed by atoms with E-state index in [0.29, 0.717) is 17.4 Å². The van der Waals surface area contributed by atoms with Crippen molar-refractivity contribution >= 4 is 17.4 Å². The first kappa shape index (κ1) is 9.02. The van der Waals surface area contributed by atoms with Crippen LogP contribution in [0.25, 0.3) is 0 Å². The molecular formula is C9H9ClN4. The highest BCUT2D eigenvalue weighted by Gasteiger charge is 2.02. The zero-order chi connectivity index (χ0) is 9.97. The van der Waals surface area contributed by atoms with Crippen molar-refractivity contribution in [3.63, 3.8) is 0 Å². The van der Waals surface area contributed by atoms with Crippen LogP contribution in [0.3, 0.4) is 0 Å². The normalized spacial score (nSPS) is 10.4. The van der Waals surface area contributed by atoms with Crippen LogP contribution in [0, 0.1) is 0 Å². The molecule has 2 aromatic heterocycles. The van der Waals surface area contributed by atoms with Crippen molar-refractivity contribution in [1.82, 2.24) is 14.8 Å². The van der Waals surface area contributed by atoms with E-state index in [9.17, 15) is 0 Å². The van der Waals surface area contributed by atoms with Gasteiger partial charge in [-0.05, 0) is 17.7 Å². The molecule has 0 aliphatic carbocycles. The van der Waals surface area contributed by atoms with E-state index >= 15 is 0 Å². The van der Waals surface area contributed by atoms with Gasteiger partial charge in [-0.1, -0.05) is 11.6 Å². The monoisotopic (exact) mass is 208 g/mol. The van der Waals surface area contributed by atoms with Crippen LogP contribution in [0.4, 0.5) is 5.82 Å². The molecule has 0 radical (unpaired) electrons. The van der Waals surface area contributed by atoms with Gasteiger partial charge in [0.25, 0.3) is 0 Å². The van der Waals surface area contributed by atoms with Gasteiger partial charge in [0, 0.05) is 18.6 Å². The largest absolute Gasteiger partial charge is 0.381 e. The van der Waals surface area contributed by atoms with Crippen LogP contribution < -0.4 is 5.73 Å². The van der Waals surface area contributed by atoms with E-state index in [2.05, 4.69) is 10.1 Å². The molecule has 0 aliphatic rings. The van der Waals surface area contributed by atoms with Gasteiger partial charge >= 0.3 is 0 Å². The molecule has 0 unspecified atom stereocenters. The molecule has 4 nitrogen and oxygen atoms in total. The van der Waals surface area contributed by atoms with Crippen molar-refractivity contribution in [2.24, 2.45) is 0 Å². The second-order valence-corrected chi connectivity index (χ2v) is 3.32. The van der Waals surface area contributed by atoms with Crippen molar-refractivity contribution in [3.8, 4) is 0 Å². The van der Waals surface area contributed by atoms with Gasteiger partial charge in [0.05, 0.1) is 6.54 Å². The predicted octanol–water partition coefficient (Wildman–Crippen LogP) is 1.56. The number of hydrogen-bond acceptors (Lipinski definition) is 3. The summed E-state index contributed by atoms with van der Waals surface area (Å²) in [5.74, 6) is 0.362. The minimum atomic E-state index is 0.362. The second kappa shape index (κ2) is 3.67. The van der Waals surface area contributed by atoms with Crippen LogP contribution in [0.5, 0.6) is 0 Å². The number of hydrogen-bond donors (Lipinski definition) is 1. The van der Waals surface area contributed by atoms with Gasteiger partial charge in [-0.3, -0.25) is 9.67 Å². The Morgan fingerprint density at radius 2 is 2.07 bits per heavy atom. The van der Waals surface area contributed by atoms with Crippen LogP contribution in [-0.4, -0.2) is 14.8 Å². The van der Waals surface area contributed by atoms with E-state index in [1.807, 2.05) is 12.1 Å². The summed E-state index contributed by atoms with van der Waals surface area (Å²) < 4.78 is 1.70. The van der Waals surface area contributed by atoms with Gasteiger partial charge in [-0.25, -0.2) is 0 Å². The van der Waals surface area contributed by atoms with Crippen molar-refractivity contribution in [3.05, 3.63) is 41.3 Å². The Morgan fingerprint density at radius 3 is 2.64 bits per heavy atom. The zero-order valence-corrected chi connectivity index (χ0v) is 8.15. The first-order chi connectivity index (χ1) is 6.75. The molecule has 2 heterocycles. The summed E-state index contributed by atoms with van der Waals surface area (Å²) >= 11 is 5.77. The van der Waals surface area contributed by atoms with E-state index in [0.717, 1.165) is 5.56 Å². The summed E-state index contributed by atoms with van der Waals surface area (Å²) in [5.41, 5.74) is 6.63. The van der Waals surface area contributed by atoms with Crippen LogP contribution in [0.1, 0.15) is 5.56 Å². The van der Waals surface area contributed by atoms with Gasteiger partial charge in [0.2, 0.25) is 0 Å². The van der Waals surface area contributed by atoms with Crippen LogP contribution in [0.15, 0.2) is 30.7 Å². The summed E-state index contributed by atoms with van der Waals surface area (Å²) in [7, 11) is 0. The summed E-state index contributed by atoms with van der Waals surface area (Å²) in [4.78, 5) is 3.93. The number of nitrogens with zero attached hydrogens (tertiary/aromatic N) is 3. The Hall–Kier alpha value is -1.55. The Labute approximate surface area is 86.3 Å². The number of rotatable bonds is 2. The minimum Gasteiger partial charge on any atom is -0.381 e. The fraction of sp³-hybridized carbons (Fsp3) is 0.111. The predicted molar refractivity (Wildman–Crippen MR) is 55.0 cm³/mol. The molecule has 0 aromatic carbocycles. The number of nitrogens with two attached hydrogens (primary N) is 1. The number of anilines is 1. The molecule has 72 valence electrons. The van der Waals surface area contributed by atoms with Crippen molar-refractivity contribution in [2.45, 2.75) is 6.54 Å². The fourth-order valence-electron chi connectivity index (χ4n) is 1.17. The Morgan fingerprint density at radius 1 is 1.36 bits per heavy atom. The molecule has 0 saturated carbocycles. The van der Waals surface area contributed by atoms with Gasteiger partial charge in [-0.2, -0.15) is 5.10 Å².